The van der Waals surface area contributed by atoms with Crippen molar-refractivity contribution in [2.45, 2.75) is 0 Å². The van der Waals surface area contributed by atoms with Crippen molar-refractivity contribution in [3.8, 4) is 0 Å². The fourth-order valence-electron chi connectivity index (χ4n) is 2.28. The van der Waals surface area contributed by atoms with Crippen molar-refractivity contribution in [2.24, 2.45) is 0 Å². The summed E-state index contributed by atoms with van der Waals surface area (Å²) in [7, 11) is 0. The van der Waals surface area contributed by atoms with Gasteiger partial charge in [0.2, 0.25) is 0 Å². The number of nitrogens with one attached hydrogen (secondary N) is 2. The molecular formula is C14H15N3O3. The Labute approximate surface area is 115 Å². The first kappa shape index (κ1) is 12.7. The number of aromatic nitrogens is 1. The molecule has 6 nitrogen and oxygen atoms in total. The molecule has 2 heterocycles. The number of nitrogens with zero attached hydrogens (tertiary/aromatic N) is 1. The zero-order chi connectivity index (χ0) is 13.9. The molecule has 0 atom stereocenters. The van der Waals surface area contributed by atoms with Gasteiger partial charge in [0, 0.05) is 30.2 Å². The molecule has 1 aliphatic heterocycles. The lowest BCUT2D eigenvalue weighted by molar-refractivity contribution is -0.145. The summed E-state index contributed by atoms with van der Waals surface area (Å²) < 4.78 is 5.17. The maximum absolute atomic E-state index is 12.0. The summed E-state index contributed by atoms with van der Waals surface area (Å²) >= 11 is 0. The van der Waals surface area contributed by atoms with Crippen molar-refractivity contribution >= 4 is 28.4 Å². The van der Waals surface area contributed by atoms with Crippen molar-refractivity contribution < 1.29 is 14.3 Å². The van der Waals surface area contributed by atoms with Crippen LogP contribution in [0, 0.1) is 0 Å². The molecular weight excluding hydrogens is 258 g/mol. The van der Waals surface area contributed by atoms with E-state index in [1.807, 2.05) is 18.2 Å². The zero-order valence-corrected chi connectivity index (χ0v) is 10.9. The van der Waals surface area contributed by atoms with Crippen LogP contribution in [0.3, 0.4) is 0 Å². The lowest BCUT2D eigenvalue weighted by Crippen LogP contribution is -2.45. The van der Waals surface area contributed by atoms with E-state index in [1.165, 1.54) is 4.90 Å². The Morgan fingerprint density at radius 2 is 2.00 bits per heavy atom. The normalized spacial score (nSPS) is 15.3. The Hall–Kier alpha value is -2.34. The van der Waals surface area contributed by atoms with Crippen LogP contribution in [0.15, 0.2) is 30.5 Å². The van der Waals surface area contributed by atoms with E-state index in [4.69, 9.17) is 4.74 Å². The van der Waals surface area contributed by atoms with Crippen LogP contribution < -0.4 is 5.32 Å². The van der Waals surface area contributed by atoms with E-state index in [0.717, 1.165) is 10.9 Å². The van der Waals surface area contributed by atoms with Crippen LogP contribution in [0.2, 0.25) is 0 Å². The Morgan fingerprint density at radius 1 is 1.20 bits per heavy atom. The predicted molar refractivity (Wildman–Crippen MR) is 74.3 cm³/mol. The number of carbonyl (C=O) groups excluding carboxylic acids is 2. The molecule has 1 saturated heterocycles. The number of aromatic amines is 1. The molecule has 1 fully saturated rings. The number of morpholine rings is 1. The van der Waals surface area contributed by atoms with Crippen molar-refractivity contribution in [1.82, 2.24) is 9.88 Å². The van der Waals surface area contributed by atoms with Crippen LogP contribution >= 0.6 is 0 Å². The first-order chi connectivity index (χ1) is 9.75. The Balaban J connectivity index is 1.75. The second kappa shape index (κ2) is 5.34. The van der Waals surface area contributed by atoms with Gasteiger partial charge in [-0.3, -0.25) is 9.59 Å². The molecule has 1 aromatic carbocycles. The molecule has 1 aromatic heterocycles. The molecule has 6 heteroatoms. The third kappa shape index (κ3) is 2.37. The second-order valence-electron chi connectivity index (χ2n) is 4.60. The van der Waals surface area contributed by atoms with Crippen molar-refractivity contribution in [1.29, 1.82) is 0 Å². The number of rotatable bonds is 1. The van der Waals surface area contributed by atoms with Gasteiger partial charge in [-0.1, -0.05) is 6.07 Å². The highest BCUT2D eigenvalue weighted by Crippen LogP contribution is 2.22. The van der Waals surface area contributed by atoms with Gasteiger partial charge >= 0.3 is 11.8 Å². The van der Waals surface area contributed by atoms with Gasteiger partial charge in [0.1, 0.15) is 0 Å². The largest absolute Gasteiger partial charge is 0.378 e. The smallest absolute Gasteiger partial charge is 0.313 e. The Morgan fingerprint density at radius 3 is 2.80 bits per heavy atom. The molecule has 20 heavy (non-hydrogen) atoms. The molecule has 2 aromatic rings. The van der Waals surface area contributed by atoms with E-state index in [1.54, 1.807) is 12.3 Å². The number of anilines is 1. The van der Waals surface area contributed by atoms with Gasteiger partial charge in [-0.2, -0.15) is 0 Å². The first-order valence-electron chi connectivity index (χ1n) is 6.50. The number of amides is 2. The lowest BCUT2D eigenvalue weighted by Gasteiger charge is -2.26. The fourth-order valence-corrected chi connectivity index (χ4v) is 2.28. The van der Waals surface area contributed by atoms with Crippen LogP contribution in [0.25, 0.3) is 10.9 Å². The number of ether oxygens (including phenoxy) is 1. The third-order valence-electron chi connectivity index (χ3n) is 3.34. The van der Waals surface area contributed by atoms with Crippen LogP contribution in [0.4, 0.5) is 5.69 Å². The Bertz CT molecular complexity index is 644. The van der Waals surface area contributed by atoms with E-state index in [-0.39, 0.29) is 0 Å². The number of H-pyrrole nitrogens is 1. The molecule has 0 unspecified atom stereocenters. The monoisotopic (exact) mass is 273 g/mol. The third-order valence-corrected chi connectivity index (χ3v) is 3.34. The summed E-state index contributed by atoms with van der Waals surface area (Å²) in [6.07, 6.45) is 1.80. The van der Waals surface area contributed by atoms with Gasteiger partial charge in [-0.05, 0) is 18.2 Å². The summed E-state index contributed by atoms with van der Waals surface area (Å²) in [5, 5.41) is 3.56. The average molecular weight is 273 g/mol. The quantitative estimate of drug-likeness (QED) is 0.760. The molecule has 3 rings (SSSR count). The van der Waals surface area contributed by atoms with Gasteiger partial charge in [0.05, 0.1) is 18.9 Å². The van der Waals surface area contributed by atoms with E-state index < -0.39 is 11.8 Å². The van der Waals surface area contributed by atoms with Crippen LogP contribution in [0.5, 0.6) is 0 Å². The molecule has 0 saturated carbocycles. The number of fused-ring (bicyclic) bond motifs is 1. The topological polar surface area (TPSA) is 74.4 Å². The molecule has 0 spiro atoms. The standard InChI is InChI=1S/C14H15N3O3/c18-13(14(19)17-6-8-20-9-7-17)16-12-3-1-2-11-10(12)4-5-15-11/h1-5,15H,6-9H2,(H,16,18). The fraction of sp³-hybridized carbons (Fsp3) is 0.286. The van der Waals surface area contributed by atoms with Crippen LogP contribution in [-0.4, -0.2) is 48.0 Å². The highest BCUT2D eigenvalue weighted by Gasteiger charge is 2.24. The zero-order valence-electron chi connectivity index (χ0n) is 10.9. The predicted octanol–water partition coefficient (Wildman–Crippen LogP) is 0.965. The summed E-state index contributed by atoms with van der Waals surface area (Å²) in [5.74, 6) is -1.12. The maximum Gasteiger partial charge on any atom is 0.313 e. The highest BCUT2D eigenvalue weighted by molar-refractivity contribution is 6.40. The van der Waals surface area contributed by atoms with E-state index in [0.29, 0.717) is 32.0 Å². The molecule has 2 N–H and O–H groups in total. The van der Waals surface area contributed by atoms with E-state index in [9.17, 15) is 9.59 Å². The van der Waals surface area contributed by atoms with Gasteiger partial charge in [0.25, 0.3) is 0 Å². The van der Waals surface area contributed by atoms with Crippen LogP contribution in [0.1, 0.15) is 0 Å². The summed E-state index contributed by atoms with van der Waals surface area (Å²) in [5.41, 5.74) is 1.55. The average Bonchev–Trinajstić information content (AvgIpc) is 2.97. The van der Waals surface area contributed by atoms with Crippen molar-refractivity contribution in [2.75, 3.05) is 31.6 Å². The summed E-state index contributed by atoms with van der Waals surface area (Å²) in [4.78, 5) is 28.6. The molecule has 0 bridgehead atoms. The minimum Gasteiger partial charge on any atom is -0.378 e. The number of hydrogen-bond donors (Lipinski definition) is 2. The maximum atomic E-state index is 12.0. The summed E-state index contributed by atoms with van der Waals surface area (Å²) in [6.45, 7) is 1.88. The number of benzene rings is 1. The van der Waals surface area contributed by atoms with Crippen molar-refractivity contribution in [3.63, 3.8) is 0 Å². The minimum atomic E-state index is -0.611. The van der Waals surface area contributed by atoms with Crippen molar-refractivity contribution in [3.05, 3.63) is 30.5 Å². The second-order valence-corrected chi connectivity index (χ2v) is 4.60. The molecule has 1 aliphatic rings. The van der Waals surface area contributed by atoms with Gasteiger partial charge < -0.3 is 19.9 Å². The van der Waals surface area contributed by atoms with E-state index >= 15 is 0 Å². The Kier molecular flexibility index (Phi) is 3.39. The minimum absolute atomic E-state index is 0.459. The van der Waals surface area contributed by atoms with E-state index in [2.05, 4.69) is 10.3 Å². The highest BCUT2D eigenvalue weighted by atomic mass is 16.5. The SMILES string of the molecule is O=C(Nc1cccc2[nH]ccc12)C(=O)N1CCOCC1. The molecule has 2 amide bonds. The molecule has 104 valence electrons. The summed E-state index contributed by atoms with van der Waals surface area (Å²) in [6, 6.07) is 7.38. The van der Waals surface area contributed by atoms with Gasteiger partial charge in [-0.25, -0.2) is 0 Å². The molecule has 0 radical (unpaired) electrons. The lowest BCUT2D eigenvalue weighted by atomic mass is 10.2. The number of carbonyl (C=O) groups is 2. The molecule has 0 aliphatic carbocycles. The first-order valence-corrected chi connectivity index (χ1v) is 6.50. The van der Waals surface area contributed by atoms with Gasteiger partial charge in [0.15, 0.2) is 0 Å². The van der Waals surface area contributed by atoms with Gasteiger partial charge in [-0.15, -0.1) is 0 Å². The van der Waals surface area contributed by atoms with Crippen LogP contribution in [-0.2, 0) is 14.3 Å². The number of hydrogen-bond acceptors (Lipinski definition) is 3.